The second-order valence-corrected chi connectivity index (χ2v) is 2.95. The molecule has 68 valence electrons. The molecule has 0 fully saturated rings. The first kappa shape index (κ1) is 9.76. The third kappa shape index (κ3) is 2.30. The fourth-order valence-electron chi connectivity index (χ4n) is 1.25. The Kier molecular flexibility index (Phi) is 3.48. The molecule has 0 aliphatic heterocycles. The zero-order valence-electron chi connectivity index (χ0n) is 8.04. The van der Waals surface area contributed by atoms with E-state index in [9.17, 15) is 0 Å². The van der Waals surface area contributed by atoms with Crippen LogP contribution in [0.2, 0.25) is 0 Å². The molecule has 2 heteroatoms. The van der Waals surface area contributed by atoms with Crippen molar-refractivity contribution in [1.82, 2.24) is 5.32 Å². The van der Waals surface area contributed by atoms with Crippen molar-refractivity contribution in [2.24, 2.45) is 0 Å². The molecule has 0 aliphatic rings. The van der Waals surface area contributed by atoms with E-state index in [1.807, 2.05) is 12.1 Å². The summed E-state index contributed by atoms with van der Waals surface area (Å²) in [4.78, 5) is 0. The summed E-state index contributed by atoms with van der Waals surface area (Å²) >= 11 is 0. The zero-order valence-corrected chi connectivity index (χ0v) is 8.04. The van der Waals surface area contributed by atoms with Crippen LogP contribution >= 0.6 is 0 Å². The number of nitrogens with one attached hydrogen (secondary N) is 1. The highest BCUT2D eigenvalue weighted by Gasteiger charge is 2.05. The van der Waals surface area contributed by atoms with Gasteiger partial charge in [0.15, 0.2) is 0 Å². The minimum Gasteiger partial charge on any atom is -0.301 e. The van der Waals surface area contributed by atoms with Gasteiger partial charge in [0.05, 0.1) is 6.07 Å². The quantitative estimate of drug-likeness (QED) is 0.761. The molecular formula is C11H14N2. The van der Waals surface area contributed by atoms with E-state index < -0.39 is 0 Å². The first-order chi connectivity index (χ1) is 6.31. The number of hydrogen-bond acceptors (Lipinski definition) is 2. The van der Waals surface area contributed by atoms with Crippen LogP contribution < -0.4 is 5.32 Å². The van der Waals surface area contributed by atoms with Crippen molar-refractivity contribution < 1.29 is 0 Å². The molecule has 0 amide bonds. The Hall–Kier alpha value is -1.33. The van der Waals surface area contributed by atoms with E-state index >= 15 is 0 Å². The molecule has 0 saturated carbocycles. The maximum atomic E-state index is 8.79. The summed E-state index contributed by atoms with van der Waals surface area (Å²) in [5.74, 6) is 0. The van der Waals surface area contributed by atoms with Crippen molar-refractivity contribution in [2.75, 3.05) is 7.05 Å². The van der Waals surface area contributed by atoms with Crippen LogP contribution in [-0.2, 0) is 6.42 Å². The Bertz CT molecular complexity index is 295. The summed E-state index contributed by atoms with van der Waals surface area (Å²) in [5, 5.41) is 11.7. The maximum absolute atomic E-state index is 8.79. The monoisotopic (exact) mass is 174 g/mol. The second-order valence-electron chi connectivity index (χ2n) is 2.95. The van der Waals surface area contributed by atoms with E-state index in [0.717, 1.165) is 12.0 Å². The lowest BCUT2D eigenvalue weighted by atomic mass is 10.1. The van der Waals surface area contributed by atoms with Crippen molar-refractivity contribution in [2.45, 2.75) is 19.4 Å². The van der Waals surface area contributed by atoms with Gasteiger partial charge in [0.2, 0.25) is 0 Å². The van der Waals surface area contributed by atoms with Crippen LogP contribution in [-0.4, -0.2) is 7.05 Å². The molecule has 0 aliphatic carbocycles. The van der Waals surface area contributed by atoms with Gasteiger partial charge in [0.25, 0.3) is 0 Å². The summed E-state index contributed by atoms with van der Waals surface area (Å²) in [7, 11) is 1.79. The number of hydrogen-bond donors (Lipinski definition) is 1. The van der Waals surface area contributed by atoms with Crippen LogP contribution in [0.15, 0.2) is 24.3 Å². The van der Waals surface area contributed by atoms with Crippen molar-refractivity contribution in [1.29, 1.82) is 5.26 Å². The summed E-state index contributed by atoms with van der Waals surface area (Å²) in [6.45, 7) is 2.12. The van der Waals surface area contributed by atoms with Gasteiger partial charge in [-0.05, 0) is 24.6 Å². The van der Waals surface area contributed by atoms with Crippen LogP contribution in [0.5, 0.6) is 0 Å². The van der Waals surface area contributed by atoms with Crippen LogP contribution in [0.3, 0.4) is 0 Å². The largest absolute Gasteiger partial charge is 0.301 e. The van der Waals surface area contributed by atoms with E-state index in [0.29, 0.717) is 0 Å². The lowest BCUT2D eigenvalue weighted by Crippen LogP contribution is -2.13. The second kappa shape index (κ2) is 4.64. The maximum Gasteiger partial charge on any atom is 0.121 e. The Balaban J connectivity index is 2.86. The standard InChI is InChI=1S/C11H14N2/c1-3-9-4-6-10(7-5-9)11(8-12)13-2/h4-7,11,13H,3H2,1-2H3/t11-/m1/s1. The highest BCUT2D eigenvalue weighted by atomic mass is 14.9. The average molecular weight is 174 g/mol. The van der Waals surface area contributed by atoms with Crippen LogP contribution in [0.4, 0.5) is 0 Å². The first-order valence-electron chi connectivity index (χ1n) is 4.47. The molecule has 1 N–H and O–H groups in total. The van der Waals surface area contributed by atoms with Crippen molar-refractivity contribution >= 4 is 0 Å². The minimum absolute atomic E-state index is 0.189. The zero-order chi connectivity index (χ0) is 9.68. The van der Waals surface area contributed by atoms with Gasteiger partial charge in [0, 0.05) is 0 Å². The molecule has 1 aromatic carbocycles. The Morgan fingerprint density at radius 1 is 1.38 bits per heavy atom. The van der Waals surface area contributed by atoms with E-state index in [1.165, 1.54) is 5.56 Å². The van der Waals surface area contributed by atoms with Gasteiger partial charge < -0.3 is 5.32 Å². The average Bonchev–Trinajstić information content (AvgIpc) is 2.21. The van der Waals surface area contributed by atoms with Gasteiger partial charge in [-0.2, -0.15) is 5.26 Å². The summed E-state index contributed by atoms with van der Waals surface area (Å²) in [5.41, 5.74) is 2.33. The van der Waals surface area contributed by atoms with E-state index in [-0.39, 0.29) is 6.04 Å². The summed E-state index contributed by atoms with van der Waals surface area (Å²) < 4.78 is 0. The Morgan fingerprint density at radius 3 is 2.38 bits per heavy atom. The third-order valence-corrected chi connectivity index (χ3v) is 2.14. The summed E-state index contributed by atoms with van der Waals surface area (Å²) in [6, 6.07) is 10.1. The molecule has 1 aromatic rings. The topological polar surface area (TPSA) is 35.8 Å². The highest BCUT2D eigenvalue weighted by Crippen LogP contribution is 2.12. The first-order valence-corrected chi connectivity index (χ1v) is 4.47. The van der Waals surface area contributed by atoms with Gasteiger partial charge in [-0.15, -0.1) is 0 Å². The van der Waals surface area contributed by atoms with Crippen molar-refractivity contribution in [3.63, 3.8) is 0 Å². The lowest BCUT2D eigenvalue weighted by Gasteiger charge is -2.07. The number of nitriles is 1. The van der Waals surface area contributed by atoms with Gasteiger partial charge >= 0.3 is 0 Å². The summed E-state index contributed by atoms with van der Waals surface area (Å²) in [6.07, 6.45) is 1.04. The van der Waals surface area contributed by atoms with Crippen LogP contribution in [0.1, 0.15) is 24.1 Å². The molecule has 0 unspecified atom stereocenters. The molecule has 0 saturated heterocycles. The molecule has 2 nitrogen and oxygen atoms in total. The van der Waals surface area contributed by atoms with Crippen LogP contribution in [0, 0.1) is 11.3 Å². The van der Waals surface area contributed by atoms with E-state index in [4.69, 9.17) is 5.26 Å². The Labute approximate surface area is 79.2 Å². The number of nitrogens with zero attached hydrogens (tertiary/aromatic N) is 1. The predicted octanol–water partition coefficient (Wildman–Crippen LogP) is 2.03. The SMILES string of the molecule is CCc1ccc([C@@H](C#N)NC)cc1. The minimum atomic E-state index is -0.189. The number of aryl methyl sites for hydroxylation is 1. The van der Waals surface area contributed by atoms with Gasteiger partial charge in [-0.25, -0.2) is 0 Å². The van der Waals surface area contributed by atoms with Crippen molar-refractivity contribution in [3.05, 3.63) is 35.4 Å². The smallest absolute Gasteiger partial charge is 0.121 e. The lowest BCUT2D eigenvalue weighted by molar-refractivity contribution is 0.727. The predicted molar refractivity (Wildman–Crippen MR) is 53.2 cm³/mol. The molecule has 0 bridgehead atoms. The molecule has 1 rings (SSSR count). The molecule has 0 radical (unpaired) electrons. The molecule has 0 heterocycles. The number of benzene rings is 1. The highest BCUT2D eigenvalue weighted by molar-refractivity contribution is 5.28. The van der Waals surface area contributed by atoms with Gasteiger partial charge in [-0.3, -0.25) is 0 Å². The fourth-order valence-corrected chi connectivity index (χ4v) is 1.25. The Morgan fingerprint density at radius 2 is 2.00 bits per heavy atom. The fraction of sp³-hybridized carbons (Fsp3) is 0.364. The molecule has 0 spiro atoms. The van der Waals surface area contributed by atoms with Crippen molar-refractivity contribution in [3.8, 4) is 6.07 Å². The molecule has 0 aromatic heterocycles. The van der Waals surface area contributed by atoms with Gasteiger partial charge in [-0.1, -0.05) is 31.2 Å². The molecule has 1 atom stereocenters. The molecular weight excluding hydrogens is 160 g/mol. The normalized spacial score (nSPS) is 12.1. The van der Waals surface area contributed by atoms with E-state index in [2.05, 4.69) is 30.4 Å². The van der Waals surface area contributed by atoms with Gasteiger partial charge in [0.1, 0.15) is 6.04 Å². The van der Waals surface area contributed by atoms with Crippen LogP contribution in [0.25, 0.3) is 0 Å². The number of rotatable bonds is 3. The molecule has 13 heavy (non-hydrogen) atoms. The van der Waals surface area contributed by atoms with E-state index in [1.54, 1.807) is 7.05 Å². The third-order valence-electron chi connectivity index (χ3n) is 2.14.